The highest BCUT2D eigenvalue weighted by atomic mass is 16.3. The molecule has 0 aliphatic heterocycles. The highest BCUT2D eigenvalue weighted by Gasteiger charge is 2.15. The molecule has 10 nitrogen and oxygen atoms in total. The summed E-state index contributed by atoms with van der Waals surface area (Å²) in [7, 11) is 1.72. The second-order valence-corrected chi connectivity index (χ2v) is 7.37. The van der Waals surface area contributed by atoms with Crippen LogP contribution in [-0.4, -0.2) is 43.3 Å². The Balaban J connectivity index is 0.000000448. The summed E-state index contributed by atoms with van der Waals surface area (Å²) >= 11 is 0. The zero-order valence-corrected chi connectivity index (χ0v) is 17.3. The third-order valence-corrected chi connectivity index (χ3v) is 4.86. The average Bonchev–Trinajstić information content (AvgIpc) is 3.12. The smallest absolute Gasteiger partial charge is 0.274 e. The first-order valence-electron chi connectivity index (χ1n) is 9.84. The molecule has 0 spiro atoms. The average molecular weight is 413 g/mol. The van der Waals surface area contributed by atoms with Gasteiger partial charge in [-0.3, -0.25) is 9.59 Å². The fraction of sp³-hybridized carbons (Fsp3) is 0.400. The topological polar surface area (TPSA) is 140 Å². The molecule has 1 aliphatic rings. The molecule has 3 aromatic rings. The first-order valence-corrected chi connectivity index (χ1v) is 9.84. The van der Waals surface area contributed by atoms with Gasteiger partial charge in [0.05, 0.1) is 12.3 Å². The lowest BCUT2D eigenvalue weighted by molar-refractivity contribution is 0.0949. The van der Waals surface area contributed by atoms with E-state index in [0.717, 1.165) is 12.8 Å². The van der Waals surface area contributed by atoms with Crippen molar-refractivity contribution in [2.75, 3.05) is 17.7 Å². The van der Waals surface area contributed by atoms with Gasteiger partial charge in [0.15, 0.2) is 5.65 Å². The van der Waals surface area contributed by atoms with Crippen LogP contribution in [0, 0.1) is 0 Å². The van der Waals surface area contributed by atoms with E-state index < -0.39 is 5.91 Å². The van der Waals surface area contributed by atoms with E-state index in [4.69, 9.17) is 10.8 Å². The maximum absolute atomic E-state index is 12.5. The van der Waals surface area contributed by atoms with E-state index in [-0.39, 0.29) is 23.3 Å². The minimum absolute atomic E-state index is 0.0360. The Hall–Kier alpha value is -3.40. The molecule has 10 heteroatoms. The van der Waals surface area contributed by atoms with Crippen molar-refractivity contribution in [3.05, 3.63) is 46.5 Å². The number of rotatable bonds is 5. The molecule has 160 valence electrons. The van der Waals surface area contributed by atoms with Gasteiger partial charge in [0, 0.05) is 25.4 Å². The van der Waals surface area contributed by atoms with Crippen LogP contribution < -0.4 is 21.9 Å². The van der Waals surface area contributed by atoms with E-state index in [2.05, 4.69) is 20.7 Å². The fourth-order valence-electron chi connectivity index (χ4n) is 2.92. The van der Waals surface area contributed by atoms with Crippen LogP contribution in [0.2, 0.25) is 0 Å². The Morgan fingerprint density at radius 2 is 2.07 bits per heavy atom. The molecule has 1 saturated carbocycles. The molecule has 1 amide bonds. The maximum atomic E-state index is 12.5. The van der Waals surface area contributed by atoms with Crippen LogP contribution in [0.25, 0.3) is 5.65 Å². The number of nitrogens with zero attached hydrogens (tertiary/aromatic N) is 4. The molecular weight excluding hydrogens is 386 g/mol. The predicted molar refractivity (Wildman–Crippen MR) is 115 cm³/mol. The van der Waals surface area contributed by atoms with Gasteiger partial charge in [0.2, 0.25) is 0 Å². The zero-order valence-electron chi connectivity index (χ0n) is 17.3. The van der Waals surface area contributed by atoms with Crippen LogP contribution in [-0.2, 0) is 0 Å². The van der Waals surface area contributed by atoms with Crippen molar-refractivity contribution >= 4 is 28.9 Å². The number of hydrogen-bond acceptors (Lipinski definition) is 7. The van der Waals surface area contributed by atoms with Crippen LogP contribution in [0.15, 0.2) is 35.4 Å². The quantitative estimate of drug-likeness (QED) is 0.501. The molecule has 0 unspecified atom stereocenters. The SMILES string of the molecule is CNc1cc(Nc2cccn(C(C)C)c2=O)nc2c(C(N)=O)cnn12.OC1CCC1. The van der Waals surface area contributed by atoms with Crippen LogP contribution in [0.5, 0.6) is 0 Å². The van der Waals surface area contributed by atoms with E-state index in [9.17, 15) is 9.59 Å². The van der Waals surface area contributed by atoms with Gasteiger partial charge in [-0.1, -0.05) is 0 Å². The van der Waals surface area contributed by atoms with Gasteiger partial charge in [-0.2, -0.15) is 9.61 Å². The lowest BCUT2D eigenvalue weighted by Gasteiger charge is -2.17. The number of aromatic nitrogens is 4. The van der Waals surface area contributed by atoms with Crippen molar-refractivity contribution in [3.63, 3.8) is 0 Å². The summed E-state index contributed by atoms with van der Waals surface area (Å²) in [6.45, 7) is 3.86. The van der Waals surface area contributed by atoms with Crippen molar-refractivity contribution in [1.82, 2.24) is 19.2 Å². The first kappa shape index (κ1) is 21.3. The number of fused-ring (bicyclic) bond motifs is 1. The largest absolute Gasteiger partial charge is 0.393 e. The van der Waals surface area contributed by atoms with Crippen molar-refractivity contribution in [2.45, 2.75) is 45.3 Å². The van der Waals surface area contributed by atoms with Gasteiger partial charge in [-0.25, -0.2) is 4.98 Å². The summed E-state index contributed by atoms with van der Waals surface area (Å²) < 4.78 is 3.09. The Bertz CT molecular complexity index is 1100. The number of carbonyl (C=O) groups excluding carboxylic acids is 1. The molecule has 1 aliphatic carbocycles. The number of aliphatic hydroxyl groups excluding tert-OH is 1. The Morgan fingerprint density at radius 3 is 2.60 bits per heavy atom. The number of anilines is 3. The number of carbonyl (C=O) groups is 1. The van der Waals surface area contributed by atoms with Crippen molar-refractivity contribution in [1.29, 1.82) is 0 Å². The standard InChI is InChI=1S/C16H19N7O2.C4H8O/c1-9(2)22-6-4-5-11(16(22)25)20-12-7-13(18-3)23-15(21-12)10(8-19-23)14(17)24;5-4-2-1-3-4/h4-9,18H,1-3H3,(H2,17,24)(H,20,21);4-5H,1-3H2. The molecule has 3 heterocycles. The molecule has 1 fully saturated rings. The van der Waals surface area contributed by atoms with E-state index in [1.807, 2.05) is 13.8 Å². The van der Waals surface area contributed by atoms with E-state index in [0.29, 0.717) is 23.0 Å². The number of nitrogens with two attached hydrogens (primary N) is 1. The third-order valence-electron chi connectivity index (χ3n) is 4.86. The molecule has 5 N–H and O–H groups in total. The number of amides is 1. The summed E-state index contributed by atoms with van der Waals surface area (Å²) in [4.78, 5) is 28.5. The molecule has 3 aromatic heterocycles. The van der Waals surface area contributed by atoms with Gasteiger partial charge in [0.1, 0.15) is 22.9 Å². The van der Waals surface area contributed by atoms with Crippen LogP contribution in [0.3, 0.4) is 0 Å². The molecule has 0 atom stereocenters. The monoisotopic (exact) mass is 413 g/mol. The predicted octanol–water partition coefficient (Wildman–Crippen LogP) is 1.89. The Morgan fingerprint density at radius 1 is 1.37 bits per heavy atom. The van der Waals surface area contributed by atoms with E-state index >= 15 is 0 Å². The fourth-order valence-corrected chi connectivity index (χ4v) is 2.92. The molecule has 0 aromatic carbocycles. The van der Waals surface area contributed by atoms with Gasteiger partial charge < -0.3 is 26.0 Å². The number of hydrogen-bond donors (Lipinski definition) is 4. The molecule has 0 saturated heterocycles. The zero-order chi connectivity index (χ0) is 21.8. The number of nitrogens with one attached hydrogen (secondary N) is 2. The van der Waals surface area contributed by atoms with Crippen molar-refractivity contribution in [2.24, 2.45) is 5.73 Å². The normalized spacial score (nSPS) is 13.5. The number of aliphatic hydroxyl groups is 1. The molecule has 0 bridgehead atoms. The highest BCUT2D eigenvalue weighted by molar-refractivity contribution is 5.98. The second-order valence-electron chi connectivity index (χ2n) is 7.37. The van der Waals surface area contributed by atoms with Gasteiger partial charge >= 0.3 is 0 Å². The van der Waals surface area contributed by atoms with Crippen LogP contribution in [0.4, 0.5) is 17.3 Å². The van der Waals surface area contributed by atoms with E-state index in [1.165, 1.54) is 17.1 Å². The van der Waals surface area contributed by atoms with Gasteiger partial charge in [-0.05, 0) is 45.2 Å². The lowest BCUT2D eigenvalue weighted by atomic mass is 9.97. The first-order chi connectivity index (χ1) is 14.3. The van der Waals surface area contributed by atoms with Crippen LogP contribution in [0.1, 0.15) is 49.5 Å². The summed E-state index contributed by atoms with van der Waals surface area (Å²) in [6, 6.07) is 5.19. The van der Waals surface area contributed by atoms with Gasteiger partial charge in [-0.15, -0.1) is 0 Å². The van der Waals surface area contributed by atoms with Gasteiger partial charge in [0.25, 0.3) is 11.5 Å². The summed E-state index contributed by atoms with van der Waals surface area (Å²) in [5.41, 5.74) is 6.10. The lowest BCUT2D eigenvalue weighted by Crippen LogP contribution is -2.23. The molecule has 4 rings (SSSR count). The number of pyridine rings is 1. The minimum Gasteiger partial charge on any atom is -0.393 e. The van der Waals surface area contributed by atoms with Crippen molar-refractivity contribution < 1.29 is 9.90 Å². The van der Waals surface area contributed by atoms with Crippen LogP contribution >= 0.6 is 0 Å². The minimum atomic E-state index is -0.622. The summed E-state index contributed by atoms with van der Waals surface area (Å²) in [6.07, 6.45) is 6.48. The second kappa shape index (κ2) is 8.95. The Labute approximate surface area is 173 Å². The molecular formula is C20H27N7O3. The number of primary amides is 1. The van der Waals surface area contributed by atoms with E-state index in [1.54, 1.807) is 36.0 Å². The molecule has 30 heavy (non-hydrogen) atoms. The summed E-state index contributed by atoms with van der Waals surface area (Å²) in [5.74, 6) is 0.377. The highest BCUT2D eigenvalue weighted by Crippen LogP contribution is 2.20. The summed E-state index contributed by atoms with van der Waals surface area (Å²) in [5, 5.41) is 18.5. The van der Waals surface area contributed by atoms with Crippen molar-refractivity contribution in [3.8, 4) is 0 Å². The maximum Gasteiger partial charge on any atom is 0.274 e. The Kier molecular flexibility index (Phi) is 6.36. The third kappa shape index (κ3) is 4.43. The molecule has 0 radical (unpaired) electrons.